The Morgan fingerprint density at radius 1 is 1.19 bits per heavy atom. The second kappa shape index (κ2) is 8.42. The fourth-order valence-electron chi connectivity index (χ4n) is 1.92. The minimum atomic E-state index is -0.832. The standard InChI is InChI=1S/C16H24N2O3/c1-12(2)9-17-15(19)11-18(3)10-14-6-4-13(5-7-14)8-16(20)21/h4-7,12H,8-11H2,1-3H3,(H,17,19)(H,20,21). The molecule has 1 rings (SSSR count). The van der Waals surface area contributed by atoms with Crippen LogP contribution < -0.4 is 5.32 Å². The number of hydrogen-bond acceptors (Lipinski definition) is 3. The lowest BCUT2D eigenvalue weighted by atomic mass is 10.1. The van der Waals surface area contributed by atoms with Crippen LogP contribution in [0.2, 0.25) is 0 Å². The SMILES string of the molecule is CC(C)CNC(=O)CN(C)Cc1ccc(CC(=O)O)cc1. The van der Waals surface area contributed by atoms with Crippen LogP contribution in [-0.2, 0) is 22.6 Å². The maximum atomic E-state index is 11.7. The number of likely N-dealkylation sites (N-methyl/N-ethyl adjacent to an activating group) is 1. The van der Waals surface area contributed by atoms with Crippen molar-refractivity contribution >= 4 is 11.9 Å². The molecule has 5 nitrogen and oxygen atoms in total. The van der Waals surface area contributed by atoms with Crippen molar-refractivity contribution in [3.63, 3.8) is 0 Å². The first-order valence-electron chi connectivity index (χ1n) is 7.11. The summed E-state index contributed by atoms with van der Waals surface area (Å²) >= 11 is 0. The van der Waals surface area contributed by atoms with Gasteiger partial charge in [0.05, 0.1) is 13.0 Å². The first kappa shape index (κ1) is 17.2. The Balaban J connectivity index is 2.41. The maximum Gasteiger partial charge on any atom is 0.307 e. The number of benzene rings is 1. The first-order chi connectivity index (χ1) is 9.86. The van der Waals surface area contributed by atoms with Crippen LogP contribution in [0.3, 0.4) is 0 Å². The highest BCUT2D eigenvalue weighted by atomic mass is 16.4. The summed E-state index contributed by atoms with van der Waals surface area (Å²) in [4.78, 5) is 24.2. The first-order valence-corrected chi connectivity index (χ1v) is 7.11. The fourth-order valence-corrected chi connectivity index (χ4v) is 1.92. The van der Waals surface area contributed by atoms with Crippen molar-refractivity contribution < 1.29 is 14.7 Å². The van der Waals surface area contributed by atoms with Gasteiger partial charge < -0.3 is 10.4 Å². The van der Waals surface area contributed by atoms with Gasteiger partial charge in [-0.15, -0.1) is 0 Å². The second-order valence-electron chi connectivity index (χ2n) is 5.76. The molecule has 0 bridgehead atoms. The fraction of sp³-hybridized carbons (Fsp3) is 0.500. The average molecular weight is 292 g/mol. The van der Waals surface area contributed by atoms with Crippen molar-refractivity contribution in [1.29, 1.82) is 0 Å². The Morgan fingerprint density at radius 2 is 1.76 bits per heavy atom. The van der Waals surface area contributed by atoms with E-state index in [0.717, 1.165) is 11.1 Å². The van der Waals surface area contributed by atoms with Crippen molar-refractivity contribution in [3.8, 4) is 0 Å². The molecule has 0 saturated carbocycles. The molecule has 21 heavy (non-hydrogen) atoms. The van der Waals surface area contributed by atoms with E-state index in [1.54, 1.807) is 0 Å². The van der Waals surface area contributed by atoms with E-state index in [9.17, 15) is 9.59 Å². The number of nitrogens with one attached hydrogen (secondary N) is 1. The van der Waals surface area contributed by atoms with Crippen LogP contribution in [0.1, 0.15) is 25.0 Å². The average Bonchev–Trinajstić information content (AvgIpc) is 2.38. The van der Waals surface area contributed by atoms with Gasteiger partial charge in [-0.05, 0) is 24.1 Å². The highest BCUT2D eigenvalue weighted by molar-refractivity contribution is 5.77. The van der Waals surface area contributed by atoms with Gasteiger partial charge in [-0.1, -0.05) is 38.1 Å². The molecule has 1 amide bonds. The molecule has 0 aliphatic rings. The molecular formula is C16H24N2O3. The Labute approximate surface area is 126 Å². The van der Waals surface area contributed by atoms with Gasteiger partial charge in [0.1, 0.15) is 0 Å². The summed E-state index contributed by atoms with van der Waals surface area (Å²) in [7, 11) is 1.89. The van der Waals surface area contributed by atoms with E-state index in [4.69, 9.17) is 5.11 Å². The van der Waals surface area contributed by atoms with Crippen LogP contribution in [0.4, 0.5) is 0 Å². The molecule has 1 aromatic carbocycles. The van der Waals surface area contributed by atoms with Crippen LogP contribution in [-0.4, -0.2) is 42.0 Å². The van der Waals surface area contributed by atoms with Crippen LogP contribution in [0.5, 0.6) is 0 Å². The molecule has 0 saturated heterocycles. The molecule has 116 valence electrons. The quantitative estimate of drug-likeness (QED) is 0.762. The summed E-state index contributed by atoms with van der Waals surface area (Å²) in [5.74, 6) is -0.364. The molecule has 0 aliphatic heterocycles. The summed E-state index contributed by atoms with van der Waals surface area (Å²) in [6.07, 6.45) is 0.0354. The Hall–Kier alpha value is -1.88. The number of carboxylic acids is 1. The topological polar surface area (TPSA) is 69.6 Å². The Kier molecular flexibility index (Phi) is 6.88. The number of carboxylic acid groups (broad SMARTS) is 1. The highest BCUT2D eigenvalue weighted by Gasteiger charge is 2.08. The van der Waals surface area contributed by atoms with Gasteiger partial charge in [0.15, 0.2) is 0 Å². The number of carbonyl (C=O) groups excluding carboxylic acids is 1. The smallest absolute Gasteiger partial charge is 0.307 e. The van der Waals surface area contributed by atoms with Gasteiger partial charge >= 0.3 is 5.97 Å². The van der Waals surface area contributed by atoms with Crippen LogP contribution in [0.15, 0.2) is 24.3 Å². The van der Waals surface area contributed by atoms with E-state index in [1.165, 1.54) is 0 Å². The third kappa shape index (κ3) is 7.46. The predicted molar refractivity (Wildman–Crippen MR) is 82.0 cm³/mol. The molecule has 0 spiro atoms. The van der Waals surface area contributed by atoms with Gasteiger partial charge in [0.2, 0.25) is 5.91 Å². The Bertz CT molecular complexity index is 469. The van der Waals surface area contributed by atoms with Crippen LogP contribution in [0.25, 0.3) is 0 Å². The van der Waals surface area contributed by atoms with Crippen molar-refractivity contribution in [3.05, 3.63) is 35.4 Å². The minimum absolute atomic E-state index is 0.0219. The third-order valence-electron chi connectivity index (χ3n) is 2.95. The number of rotatable bonds is 8. The van der Waals surface area contributed by atoms with Gasteiger partial charge in [0.25, 0.3) is 0 Å². The molecule has 0 unspecified atom stereocenters. The number of aliphatic carboxylic acids is 1. The van der Waals surface area contributed by atoms with Gasteiger partial charge in [0, 0.05) is 13.1 Å². The normalized spacial score (nSPS) is 10.9. The zero-order chi connectivity index (χ0) is 15.8. The third-order valence-corrected chi connectivity index (χ3v) is 2.95. The van der Waals surface area contributed by atoms with Crippen molar-refractivity contribution in [2.24, 2.45) is 5.92 Å². The molecule has 0 heterocycles. The zero-order valence-electron chi connectivity index (χ0n) is 12.9. The van der Waals surface area contributed by atoms with E-state index in [-0.39, 0.29) is 12.3 Å². The molecular weight excluding hydrogens is 268 g/mol. The zero-order valence-corrected chi connectivity index (χ0v) is 12.9. The number of carbonyl (C=O) groups is 2. The minimum Gasteiger partial charge on any atom is -0.481 e. The number of hydrogen-bond donors (Lipinski definition) is 2. The van der Waals surface area contributed by atoms with Gasteiger partial charge in [-0.2, -0.15) is 0 Å². The molecule has 0 aliphatic carbocycles. The summed E-state index contributed by atoms with van der Waals surface area (Å²) in [5.41, 5.74) is 1.84. The summed E-state index contributed by atoms with van der Waals surface area (Å²) in [5, 5.41) is 11.6. The molecule has 0 radical (unpaired) electrons. The number of amides is 1. The maximum absolute atomic E-state index is 11.7. The molecule has 5 heteroatoms. The van der Waals surface area contributed by atoms with E-state index < -0.39 is 5.97 Å². The predicted octanol–water partition coefficient (Wildman–Crippen LogP) is 1.52. The summed E-state index contributed by atoms with van der Waals surface area (Å²) in [6, 6.07) is 7.44. The van der Waals surface area contributed by atoms with Crippen LogP contribution >= 0.6 is 0 Å². The lowest BCUT2D eigenvalue weighted by Crippen LogP contribution is -2.36. The molecule has 0 aromatic heterocycles. The summed E-state index contributed by atoms with van der Waals surface area (Å²) in [6.45, 7) is 5.81. The molecule has 0 fully saturated rings. The van der Waals surface area contributed by atoms with Crippen LogP contribution in [0, 0.1) is 5.92 Å². The monoisotopic (exact) mass is 292 g/mol. The number of nitrogens with zero attached hydrogens (tertiary/aromatic N) is 1. The summed E-state index contributed by atoms with van der Waals surface area (Å²) < 4.78 is 0. The van der Waals surface area contributed by atoms with E-state index in [1.807, 2.05) is 36.2 Å². The van der Waals surface area contributed by atoms with Gasteiger partial charge in [-0.3, -0.25) is 14.5 Å². The van der Waals surface area contributed by atoms with Crippen molar-refractivity contribution in [2.45, 2.75) is 26.8 Å². The van der Waals surface area contributed by atoms with Gasteiger partial charge in [-0.25, -0.2) is 0 Å². The van der Waals surface area contributed by atoms with Crippen molar-refractivity contribution in [1.82, 2.24) is 10.2 Å². The van der Waals surface area contributed by atoms with E-state index in [0.29, 0.717) is 25.6 Å². The van der Waals surface area contributed by atoms with Crippen molar-refractivity contribution in [2.75, 3.05) is 20.1 Å². The Morgan fingerprint density at radius 3 is 2.29 bits per heavy atom. The van der Waals surface area contributed by atoms with E-state index in [2.05, 4.69) is 19.2 Å². The lowest BCUT2D eigenvalue weighted by molar-refractivity contribution is -0.136. The molecule has 0 atom stereocenters. The van der Waals surface area contributed by atoms with E-state index >= 15 is 0 Å². The molecule has 2 N–H and O–H groups in total. The highest BCUT2D eigenvalue weighted by Crippen LogP contribution is 2.07. The molecule has 1 aromatic rings. The second-order valence-corrected chi connectivity index (χ2v) is 5.76. The largest absolute Gasteiger partial charge is 0.481 e. The lowest BCUT2D eigenvalue weighted by Gasteiger charge is -2.17.